The molecule has 0 saturated heterocycles. The normalized spacial score (nSPS) is 10.0. The first-order valence-corrected chi connectivity index (χ1v) is 2.97. The van der Waals surface area contributed by atoms with Crippen molar-refractivity contribution in [3.63, 3.8) is 0 Å². The summed E-state index contributed by atoms with van der Waals surface area (Å²) >= 11 is 5.16. The van der Waals surface area contributed by atoms with E-state index < -0.39 is 16.8 Å². The third-order valence-electron chi connectivity index (χ3n) is 1.09. The van der Waals surface area contributed by atoms with Gasteiger partial charge in [-0.2, -0.15) is 0 Å². The minimum atomic E-state index is -1.08. The second-order valence-electron chi connectivity index (χ2n) is 1.86. The van der Waals surface area contributed by atoms with Gasteiger partial charge >= 0.3 is 0 Å². The first-order valence-electron chi connectivity index (χ1n) is 2.59. The van der Waals surface area contributed by atoms with E-state index in [0.717, 1.165) is 0 Å². The lowest BCUT2D eigenvalue weighted by molar-refractivity contribution is 0.498. The van der Waals surface area contributed by atoms with Crippen molar-refractivity contribution >= 4 is 11.6 Å². The monoisotopic (exact) mass is 163 g/mol. The maximum Gasteiger partial charge on any atom is 0.196 e. The van der Waals surface area contributed by atoms with Gasteiger partial charge in [0, 0.05) is 11.8 Å². The molecule has 54 valence electrons. The van der Waals surface area contributed by atoms with Gasteiger partial charge in [0.2, 0.25) is 0 Å². The minimum absolute atomic E-state index is 0.155. The molecular weight excluding hydrogens is 160 g/mol. The van der Waals surface area contributed by atoms with Gasteiger partial charge in [-0.1, -0.05) is 11.6 Å². The number of aryl methyl sites for hydroxylation is 1. The number of pyridine rings is 1. The van der Waals surface area contributed by atoms with E-state index in [9.17, 15) is 8.78 Å². The summed E-state index contributed by atoms with van der Waals surface area (Å²) in [5.41, 5.74) is 0.155. The fourth-order valence-electron chi connectivity index (χ4n) is 0.531. The van der Waals surface area contributed by atoms with Crippen LogP contribution in [0.3, 0.4) is 0 Å². The maximum atomic E-state index is 12.5. The molecule has 1 aromatic rings. The molecule has 0 spiro atoms. The van der Waals surface area contributed by atoms with Crippen LogP contribution in [-0.4, -0.2) is 4.98 Å². The van der Waals surface area contributed by atoms with Gasteiger partial charge in [-0.05, 0) is 6.92 Å². The summed E-state index contributed by atoms with van der Waals surface area (Å²) in [5, 5.41) is -0.428. The van der Waals surface area contributed by atoms with Crippen molar-refractivity contribution < 1.29 is 8.78 Å². The summed E-state index contributed by atoms with van der Waals surface area (Å²) in [5.74, 6) is -2.01. The second kappa shape index (κ2) is 2.50. The van der Waals surface area contributed by atoms with E-state index in [1.54, 1.807) is 0 Å². The molecule has 0 N–H and O–H groups in total. The van der Waals surface area contributed by atoms with Crippen molar-refractivity contribution in [3.05, 3.63) is 28.5 Å². The molecule has 0 atom stereocenters. The van der Waals surface area contributed by atoms with Crippen LogP contribution in [-0.2, 0) is 0 Å². The zero-order valence-corrected chi connectivity index (χ0v) is 5.91. The molecule has 0 radical (unpaired) electrons. The molecule has 0 aromatic carbocycles. The van der Waals surface area contributed by atoms with Gasteiger partial charge < -0.3 is 0 Å². The largest absolute Gasteiger partial charge is 0.241 e. The predicted molar refractivity (Wildman–Crippen MR) is 33.9 cm³/mol. The Morgan fingerprint density at radius 1 is 1.40 bits per heavy atom. The van der Waals surface area contributed by atoms with Crippen molar-refractivity contribution in [2.24, 2.45) is 0 Å². The molecule has 0 unspecified atom stereocenters. The number of halogens is 3. The fourth-order valence-corrected chi connectivity index (χ4v) is 0.662. The lowest BCUT2D eigenvalue weighted by atomic mass is 10.3. The Kier molecular flexibility index (Phi) is 1.85. The molecule has 4 heteroatoms. The van der Waals surface area contributed by atoms with Gasteiger partial charge in [-0.3, -0.25) is 0 Å². The Bertz CT molecular complexity index is 235. The van der Waals surface area contributed by atoms with Gasteiger partial charge in [-0.25, -0.2) is 13.8 Å². The molecule has 0 fully saturated rings. The van der Waals surface area contributed by atoms with Crippen LogP contribution in [0.4, 0.5) is 8.78 Å². The quantitative estimate of drug-likeness (QED) is 0.535. The molecule has 1 heterocycles. The van der Waals surface area contributed by atoms with Gasteiger partial charge in [0.15, 0.2) is 16.8 Å². The van der Waals surface area contributed by atoms with Crippen molar-refractivity contribution in [2.75, 3.05) is 0 Å². The Hall–Kier alpha value is -0.700. The average Bonchev–Trinajstić information content (AvgIpc) is 1.93. The Balaban J connectivity index is 3.34. The topological polar surface area (TPSA) is 12.9 Å². The summed E-state index contributed by atoms with van der Waals surface area (Å²) in [4.78, 5) is 3.39. The van der Waals surface area contributed by atoms with Gasteiger partial charge in [0.05, 0.1) is 0 Å². The molecule has 0 aliphatic rings. The zero-order valence-electron chi connectivity index (χ0n) is 5.16. The first kappa shape index (κ1) is 7.41. The number of nitrogens with zero attached hydrogens (tertiary/aromatic N) is 1. The van der Waals surface area contributed by atoms with Crippen LogP contribution in [0.25, 0.3) is 0 Å². The van der Waals surface area contributed by atoms with Crippen LogP contribution >= 0.6 is 11.6 Å². The first-order chi connectivity index (χ1) is 4.63. The highest BCUT2D eigenvalue weighted by Gasteiger charge is 2.09. The molecular formula is C6H4ClF2N. The highest BCUT2D eigenvalue weighted by atomic mass is 35.5. The predicted octanol–water partition coefficient (Wildman–Crippen LogP) is 2.32. The van der Waals surface area contributed by atoms with E-state index in [0.29, 0.717) is 0 Å². The van der Waals surface area contributed by atoms with Crippen LogP contribution in [0.1, 0.15) is 5.56 Å². The molecule has 1 aromatic heterocycles. The molecule has 0 aliphatic heterocycles. The zero-order chi connectivity index (χ0) is 7.72. The second-order valence-corrected chi connectivity index (χ2v) is 2.22. The van der Waals surface area contributed by atoms with Gasteiger partial charge in [0.1, 0.15) is 0 Å². The third kappa shape index (κ3) is 1.09. The van der Waals surface area contributed by atoms with Crippen LogP contribution in [0.5, 0.6) is 0 Å². The number of rotatable bonds is 0. The van der Waals surface area contributed by atoms with E-state index in [2.05, 4.69) is 4.98 Å². The molecule has 0 amide bonds. The summed E-state index contributed by atoms with van der Waals surface area (Å²) in [6.45, 7) is 1.42. The highest BCUT2D eigenvalue weighted by molar-refractivity contribution is 6.29. The lowest BCUT2D eigenvalue weighted by Gasteiger charge is -1.96. The number of aromatic nitrogens is 1. The van der Waals surface area contributed by atoms with E-state index >= 15 is 0 Å². The SMILES string of the molecule is Cc1cnc(Cl)c(F)c1F. The van der Waals surface area contributed by atoms with Crippen LogP contribution in [0.15, 0.2) is 6.20 Å². The van der Waals surface area contributed by atoms with E-state index in [1.807, 2.05) is 0 Å². The Morgan fingerprint density at radius 2 is 2.00 bits per heavy atom. The van der Waals surface area contributed by atoms with E-state index in [4.69, 9.17) is 11.6 Å². The standard InChI is InChI=1S/C6H4ClF2N/c1-3-2-10-6(7)5(9)4(3)8/h2H,1H3. The van der Waals surface area contributed by atoms with E-state index in [1.165, 1.54) is 13.1 Å². The third-order valence-corrected chi connectivity index (χ3v) is 1.36. The van der Waals surface area contributed by atoms with Crippen LogP contribution in [0.2, 0.25) is 5.15 Å². The molecule has 1 nitrogen and oxygen atoms in total. The van der Waals surface area contributed by atoms with Crippen LogP contribution in [0, 0.1) is 18.6 Å². The van der Waals surface area contributed by atoms with Crippen molar-refractivity contribution in [1.29, 1.82) is 0 Å². The van der Waals surface area contributed by atoms with Crippen LogP contribution < -0.4 is 0 Å². The molecule has 10 heavy (non-hydrogen) atoms. The average molecular weight is 164 g/mol. The lowest BCUT2D eigenvalue weighted by Crippen LogP contribution is -1.91. The number of hydrogen-bond acceptors (Lipinski definition) is 1. The van der Waals surface area contributed by atoms with Crippen molar-refractivity contribution in [3.8, 4) is 0 Å². The summed E-state index contributed by atoms with van der Waals surface area (Å²) in [6, 6.07) is 0. The molecule has 0 aliphatic carbocycles. The van der Waals surface area contributed by atoms with Gasteiger partial charge in [0.25, 0.3) is 0 Å². The van der Waals surface area contributed by atoms with Gasteiger partial charge in [-0.15, -0.1) is 0 Å². The Morgan fingerprint density at radius 3 is 2.50 bits per heavy atom. The summed E-state index contributed by atoms with van der Waals surface area (Å²) in [7, 11) is 0. The summed E-state index contributed by atoms with van der Waals surface area (Å²) in [6.07, 6.45) is 1.18. The van der Waals surface area contributed by atoms with Crippen molar-refractivity contribution in [2.45, 2.75) is 6.92 Å². The molecule has 1 rings (SSSR count). The fraction of sp³-hybridized carbons (Fsp3) is 0.167. The maximum absolute atomic E-state index is 12.5. The highest BCUT2D eigenvalue weighted by Crippen LogP contribution is 2.16. The number of hydrogen-bond donors (Lipinski definition) is 0. The molecule has 0 bridgehead atoms. The van der Waals surface area contributed by atoms with Crippen molar-refractivity contribution in [1.82, 2.24) is 4.98 Å². The smallest absolute Gasteiger partial charge is 0.196 e. The van der Waals surface area contributed by atoms with E-state index in [-0.39, 0.29) is 5.56 Å². The minimum Gasteiger partial charge on any atom is -0.241 e. The Labute approximate surface area is 61.7 Å². The molecule has 0 saturated carbocycles. The summed E-state index contributed by atoms with van der Waals surface area (Å²) < 4.78 is 24.9.